The van der Waals surface area contributed by atoms with Crippen molar-refractivity contribution in [3.05, 3.63) is 0 Å². The van der Waals surface area contributed by atoms with Crippen molar-refractivity contribution in [1.82, 2.24) is 0 Å². The Labute approximate surface area is 121 Å². The number of hydrogen-bond donors (Lipinski definition) is 3. The highest BCUT2D eigenvalue weighted by Crippen LogP contribution is 2.11. The minimum atomic E-state index is -1.15. The predicted molar refractivity (Wildman–Crippen MR) is 75.4 cm³/mol. The highest BCUT2D eigenvalue weighted by atomic mass is 16.7. The number of unbranched alkanes of at least 4 members (excludes halogenated alkanes) is 3. The molecule has 0 bridgehead atoms. The normalized spacial score (nSPS) is 17.7. The summed E-state index contributed by atoms with van der Waals surface area (Å²) in [6, 6.07) is 0. The van der Waals surface area contributed by atoms with Crippen LogP contribution >= 0.6 is 0 Å². The van der Waals surface area contributed by atoms with E-state index in [1.807, 2.05) is 0 Å². The molecule has 0 aliphatic rings. The van der Waals surface area contributed by atoms with Crippen LogP contribution in [-0.4, -0.2) is 66.9 Å². The molecule has 20 heavy (non-hydrogen) atoms. The lowest BCUT2D eigenvalue weighted by Crippen LogP contribution is -2.42. The molecule has 0 aliphatic carbocycles. The van der Waals surface area contributed by atoms with E-state index in [1.165, 1.54) is 20.0 Å². The molecule has 0 radical (unpaired) electrons. The molecule has 3 N–H and O–H groups in total. The summed E-state index contributed by atoms with van der Waals surface area (Å²) in [5.41, 5.74) is 0. The Morgan fingerprint density at radius 2 is 1.75 bits per heavy atom. The maximum absolute atomic E-state index is 9.49. The Bertz CT molecular complexity index is 214. The molecule has 0 rings (SSSR count). The third-order valence-electron chi connectivity index (χ3n) is 3.12. The van der Waals surface area contributed by atoms with Crippen LogP contribution in [0.15, 0.2) is 0 Å². The Balaban J connectivity index is 4.08. The van der Waals surface area contributed by atoms with Gasteiger partial charge in [0.15, 0.2) is 6.29 Å². The van der Waals surface area contributed by atoms with E-state index in [-0.39, 0.29) is 12.7 Å². The predicted octanol–water partition coefficient (Wildman–Crippen LogP) is 0.675. The van der Waals surface area contributed by atoms with Crippen molar-refractivity contribution in [2.24, 2.45) is 0 Å². The molecule has 0 heterocycles. The van der Waals surface area contributed by atoms with Crippen LogP contribution in [0.3, 0.4) is 0 Å². The Morgan fingerprint density at radius 1 is 1.05 bits per heavy atom. The molecule has 1 unspecified atom stereocenters. The maximum Gasteiger partial charge on any atom is 0.185 e. The summed E-state index contributed by atoms with van der Waals surface area (Å²) >= 11 is 0. The standard InChI is InChI=1S/C14H30O6/c1-4-5-6-7-8-19-11(2)13(10-16)20-14(18-3)12(17)9-15/h11-17H,4-10H2,1-3H3/t11-,12+,13?,14-/m0/s1. The molecule has 0 spiro atoms. The lowest BCUT2D eigenvalue weighted by atomic mass is 10.2. The van der Waals surface area contributed by atoms with E-state index in [0.717, 1.165) is 12.8 Å². The molecule has 122 valence electrons. The monoisotopic (exact) mass is 294 g/mol. The van der Waals surface area contributed by atoms with Crippen LogP contribution in [0.1, 0.15) is 39.5 Å². The van der Waals surface area contributed by atoms with E-state index in [9.17, 15) is 10.2 Å². The molecule has 0 fully saturated rings. The van der Waals surface area contributed by atoms with Gasteiger partial charge in [0.1, 0.15) is 12.2 Å². The number of ether oxygens (including phenoxy) is 3. The van der Waals surface area contributed by atoms with Crippen LogP contribution in [0, 0.1) is 0 Å². The van der Waals surface area contributed by atoms with Crippen molar-refractivity contribution in [3.63, 3.8) is 0 Å². The summed E-state index contributed by atoms with van der Waals surface area (Å²) in [5, 5.41) is 27.7. The van der Waals surface area contributed by atoms with Gasteiger partial charge in [0, 0.05) is 13.7 Å². The Kier molecular flexibility index (Phi) is 12.3. The SMILES string of the molecule is CCCCCCO[C@@H](C)C(CO)O[C@H](OC)[C@H](O)CO. The highest BCUT2D eigenvalue weighted by Gasteiger charge is 2.26. The molecule has 4 atom stereocenters. The Hall–Kier alpha value is -0.240. The van der Waals surface area contributed by atoms with E-state index in [1.54, 1.807) is 6.92 Å². The number of aliphatic hydroxyl groups is 3. The molecular weight excluding hydrogens is 264 g/mol. The molecule has 0 aromatic carbocycles. The van der Waals surface area contributed by atoms with E-state index >= 15 is 0 Å². The number of rotatable bonds is 13. The summed E-state index contributed by atoms with van der Waals surface area (Å²) < 4.78 is 16.0. The second-order valence-corrected chi connectivity index (χ2v) is 4.85. The van der Waals surface area contributed by atoms with Gasteiger partial charge in [-0.05, 0) is 13.3 Å². The van der Waals surface area contributed by atoms with Gasteiger partial charge in [0.2, 0.25) is 0 Å². The van der Waals surface area contributed by atoms with Crippen molar-refractivity contribution >= 4 is 0 Å². The molecule has 0 saturated carbocycles. The molecule has 6 nitrogen and oxygen atoms in total. The first-order chi connectivity index (χ1) is 9.60. The summed E-state index contributed by atoms with van der Waals surface area (Å²) in [7, 11) is 1.37. The fourth-order valence-corrected chi connectivity index (χ4v) is 1.77. The van der Waals surface area contributed by atoms with Crippen LogP contribution in [0.4, 0.5) is 0 Å². The fraction of sp³-hybridized carbons (Fsp3) is 1.00. The quantitative estimate of drug-likeness (QED) is 0.342. The molecule has 6 heteroatoms. The largest absolute Gasteiger partial charge is 0.394 e. The molecule has 0 amide bonds. The number of hydrogen-bond acceptors (Lipinski definition) is 6. The molecule has 0 saturated heterocycles. The first kappa shape index (κ1) is 19.8. The zero-order valence-corrected chi connectivity index (χ0v) is 12.8. The average molecular weight is 294 g/mol. The molecule has 0 aromatic heterocycles. The highest BCUT2D eigenvalue weighted by molar-refractivity contribution is 4.69. The van der Waals surface area contributed by atoms with Gasteiger partial charge < -0.3 is 29.5 Å². The average Bonchev–Trinajstić information content (AvgIpc) is 2.47. The first-order valence-electron chi connectivity index (χ1n) is 7.30. The lowest BCUT2D eigenvalue weighted by Gasteiger charge is -2.29. The molecule has 0 aliphatic heterocycles. The van der Waals surface area contributed by atoms with Gasteiger partial charge in [0.25, 0.3) is 0 Å². The van der Waals surface area contributed by atoms with E-state index < -0.39 is 25.1 Å². The van der Waals surface area contributed by atoms with Gasteiger partial charge in [-0.25, -0.2) is 0 Å². The molecule has 0 aromatic rings. The van der Waals surface area contributed by atoms with Gasteiger partial charge in [0.05, 0.1) is 19.3 Å². The van der Waals surface area contributed by atoms with Crippen LogP contribution < -0.4 is 0 Å². The van der Waals surface area contributed by atoms with Crippen molar-refractivity contribution < 1.29 is 29.5 Å². The summed E-state index contributed by atoms with van der Waals surface area (Å²) in [4.78, 5) is 0. The maximum atomic E-state index is 9.49. The van der Waals surface area contributed by atoms with Crippen molar-refractivity contribution in [2.45, 2.75) is 64.1 Å². The van der Waals surface area contributed by atoms with Crippen molar-refractivity contribution in [1.29, 1.82) is 0 Å². The van der Waals surface area contributed by atoms with Gasteiger partial charge in [-0.3, -0.25) is 0 Å². The van der Waals surface area contributed by atoms with Crippen molar-refractivity contribution in [3.8, 4) is 0 Å². The summed E-state index contributed by atoms with van der Waals surface area (Å²) in [5.74, 6) is 0. The minimum Gasteiger partial charge on any atom is -0.394 e. The van der Waals surface area contributed by atoms with Crippen LogP contribution in [-0.2, 0) is 14.2 Å². The van der Waals surface area contributed by atoms with E-state index in [0.29, 0.717) is 6.61 Å². The van der Waals surface area contributed by atoms with Crippen molar-refractivity contribution in [2.75, 3.05) is 26.9 Å². The lowest BCUT2D eigenvalue weighted by molar-refractivity contribution is -0.234. The smallest absolute Gasteiger partial charge is 0.185 e. The second-order valence-electron chi connectivity index (χ2n) is 4.85. The third kappa shape index (κ3) is 8.14. The van der Waals surface area contributed by atoms with Gasteiger partial charge in [-0.15, -0.1) is 0 Å². The minimum absolute atomic E-state index is 0.242. The van der Waals surface area contributed by atoms with Crippen LogP contribution in [0.5, 0.6) is 0 Å². The van der Waals surface area contributed by atoms with E-state index in [2.05, 4.69) is 6.92 Å². The number of aliphatic hydroxyl groups excluding tert-OH is 3. The zero-order valence-electron chi connectivity index (χ0n) is 12.8. The zero-order chi connectivity index (χ0) is 15.4. The van der Waals surface area contributed by atoms with Crippen LogP contribution in [0.2, 0.25) is 0 Å². The third-order valence-corrected chi connectivity index (χ3v) is 3.12. The second kappa shape index (κ2) is 12.5. The fourth-order valence-electron chi connectivity index (χ4n) is 1.77. The van der Waals surface area contributed by atoms with Gasteiger partial charge in [-0.1, -0.05) is 26.2 Å². The van der Waals surface area contributed by atoms with Crippen LogP contribution in [0.25, 0.3) is 0 Å². The molecular formula is C14H30O6. The van der Waals surface area contributed by atoms with Gasteiger partial charge in [-0.2, -0.15) is 0 Å². The number of methoxy groups -OCH3 is 1. The summed E-state index contributed by atoms with van der Waals surface area (Å²) in [6.07, 6.45) is 1.41. The topological polar surface area (TPSA) is 88.4 Å². The van der Waals surface area contributed by atoms with E-state index in [4.69, 9.17) is 19.3 Å². The summed E-state index contributed by atoms with van der Waals surface area (Å²) in [6.45, 7) is 3.85. The van der Waals surface area contributed by atoms with Gasteiger partial charge >= 0.3 is 0 Å². The Morgan fingerprint density at radius 3 is 2.25 bits per heavy atom. The first-order valence-corrected chi connectivity index (χ1v) is 7.30.